The molecule has 3 atom stereocenters. The first-order valence-electron chi connectivity index (χ1n) is 5.83. The zero-order valence-corrected chi connectivity index (χ0v) is 9.11. The monoisotopic (exact) mass is 198 g/mol. The number of rotatable bonds is 2. The molecule has 0 spiro atoms. The van der Waals surface area contributed by atoms with Crippen molar-refractivity contribution in [2.45, 2.75) is 38.3 Å². The number of piperidine rings is 1. The largest absolute Gasteiger partial charge is 0.377 e. The molecule has 0 aromatic heterocycles. The topological polar surface area (TPSA) is 38.5 Å². The Bertz CT molecular complexity index is 170. The van der Waals surface area contributed by atoms with Gasteiger partial charge in [0.05, 0.1) is 6.10 Å². The Morgan fingerprint density at radius 2 is 2.29 bits per heavy atom. The van der Waals surface area contributed by atoms with E-state index in [9.17, 15) is 0 Å². The minimum Gasteiger partial charge on any atom is -0.377 e. The summed E-state index contributed by atoms with van der Waals surface area (Å²) in [7, 11) is 0. The molecule has 3 unspecified atom stereocenters. The Labute approximate surface area is 86.6 Å². The Balaban J connectivity index is 1.78. The molecular weight excluding hydrogens is 176 g/mol. The van der Waals surface area contributed by atoms with E-state index in [1.54, 1.807) is 0 Å². The van der Waals surface area contributed by atoms with Gasteiger partial charge in [0.2, 0.25) is 0 Å². The summed E-state index contributed by atoms with van der Waals surface area (Å²) in [5, 5.41) is 0. The van der Waals surface area contributed by atoms with E-state index in [1.165, 1.54) is 25.8 Å². The zero-order valence-electron chi connectivity index (χ0n) is 9.11. The fourth-order valence-electron chi connectivity index (χ4n) is 2.74. The van der Waals surface area contributed by atoms with Gasteiger partial charge < -0.3 is 10.5 Å². The van der Waals surface area contributed by atoms with E-state index in [2.05, 4.69) is 11.8 Å². The van der Waals surface area contributed by atoms with Gasteiger partial charge in [-0.25, -0.2) is 0 Å². The van der Waals surface area contributed by atoms with E-state index in [-0.39, 0.29) is 0 Å². The van der Waals surface area contributed by atoms with E-state index < -0.39 is 0 Å². The van der Waals surface area contributed by atoms with Crippen molar-refractivity contribution in [1.82, 2.24) is 4.90 Å². The van der Waals surface area contributed by atoms with Crippen LogP contribution in [-0.4, -0.2) is 43.3 Å². The van der Waals surface area contributed by atoms with Crippen molar-refractivity contribution >= 4 is 0 Å². The molecule has 0 aromatic rings. The highest BCUT2D eigenvalue weighted by atomic mass is 16.5. The molecule has 0 aromatic carbocycles. The number of ether oxygens (including phenoxy) is 1. The lowest BCUT2D eigenvalue weighted by atomic mass is 9.96. The lowest BCUT2D eigenvalue weighted by Crippen LogP contribution is -2.48. The average Bonchev–Trinajstić information content (AvgIpc) is 2.54. The van der Waals surface area contributed by atoms with Crippen molar-refractivity contribution < 1.29 is 4.74 Å². The van der Waals surface area contributed by atoms with Crippen molar-refractivity contribution in [2.24, 2.45) is 11.7 Å². The van der Waals surface area contributed by atoms with Crippen LogP contribution in [0.15, 0.2) is 0 Å². The van der Waals surface area contributed by atoms with Crippen molar-refractivity contribution in [3.8, 4) is 0 Å². The molecule has 2 saturated heterocycles. The smallest absolute Gasteiger partial charge is 0.0702 e. The summed E-state index contributed by atoms with van der Waals surface area (Å²) < 4.78 is 5.64. The molecule has 0 amide bonds. The van der Waals surface area contributed by atoms with Gasteiger partial charge >= 0.3 is 0 Å². The maximum atomic E-state index is 6.01. The van der Waals surface area contributed by atoms with Gasteiger partial charge in [-0.15, -0.1) is 0 Å². The predicted octanol–water partition coefficient (Wildman–Crippen LogP) is 0.834. The normalized spacial score (nSPS) is 40.3. The first-order valence-corrected chi connectivity index (χ1v) is 5.83. The van der Waals surface area contributed by atoms with Crippen molar-refractivity contribution in [3.63, 3.8) is 0 Å². The molecular formula is C11H22N2O. The fraction of sp³-hybridized carbons (Fsp3) is 1.00. The van der Waals surface area contributed by atoms with E-state index in [0.29, 0.717) is 12.1 Å². The molecule has 2 fully saturated rings. The van der Waals surface area contributed by atoms with Gasteiger partial charge in [-0.05, 0) is 25.2 Å². The third-order valence-electron chi connectivity index (χ3n) is 3.25. The summed E-state index contributed by atoms with van der Waals surface area (Å²) in [6, 6.07) is 0.375. The third kappa shape index (κ3) is 2.69. The van der Waals surface area contributed by atoms with Gasteiger partial charge in [0.25, 0.3) is 0 Å². The molecule has 3 nitrogen and oxygen atoms in total. The van der Waals surface area contributed by atoms with Crippen molar-refractivity contribution in [2.75, 3.05) is 26.2 Å². The van der Waals surface area contributed by atoms with Crippen molar-refractivity contribution in [1.29, 1.82) is 0 Å². The molecule has 2 aliphatic rings. The second-order valence-corrected chi connectivity index (χ2v) is 4.95. The minimum atomic E-state index is 0.375. The van der Waals surface area contributed by atoms with Crippen LogP contribution in [0.4, 0.5) is 0 Å². The molecule has 82 valence electrons. The number of hydrogen-bond acceptors (Lipinski definition) is 3. The van der Waals surface area contributed by atoms with E-state index in [1.807, 2.05) is 0 Å². The zero-order chi connectivity index (χ0) is 9.97. The van der Waals surface area contributed by atoms with Crippen LogP contribution in [0, 0.1) is 5.92 Å². The number of nitrogens with zero attached hydrogens (tertiary/aromatic N) is 1. The van der Waals surface area contributed by atoms with Crippen LogP contribution in [0.5, 0.6) is 0 Å². The summed E-state index contributed by atoms with van der Waals surface area (Å²) in [4.78, 5) is 2.48. The molecule has 14 heavy (non-hydrogen) atoms. The lowest BCUT2D eigenvalue weighted by Gasteiger charge is -2.35. The molecule has 0 radical (unpaired) electrons. The van der Waals surface area contributed by atoms with E-state index in [0.717, 1.165) is 25.6 Å². The fourth-order valence-corrected chi connectivity index (χ4v) is 2.74. The highest BCUT2D eigenvalue weighted by Crippen LogP contribution is 2.18. The Kier molecular flexibility index (Phi) is 3.42. The molecule has 2 heterocycles. The maximum absolute atomic E-state index is 6.01. The molecule has 0 aliphatic carbocycles. The standard InChI is InChI=1S/C11H22N2O/c1-9-5-10(12)7-13(6-9)8-11-3-2-4-14-11/h9-11H,2-8,12H2,1H3. The highest BCUT2D eigenvalue weighted by Gasteiger charge is 2.25. The molecule has 2 rings (SSSR count). The summed E-state index contributed by atoms with van der Waals surface area (Å²) in [5.74, 6) is 0.750. The van der Waals surface area contributed by atoms with E-state index in [4.69, 9.17) is 10.5 Å². The first kappa shape index (κ1) is 10.4. The van der Waals surface area contributed by atoms with Gasteiger partial charge in [0, 0.05) is 32.3 Å². The summed E-state index contributed by atoms with van der Waals surface area (Å²) in [6.45, 7) is 6.61. The van der Waals surface area contributed by atoms with Gasteiger partial charge in [0.15, 0.2) is 0 Å². The Morgan fingerprint density at radius 3 is 2.93 bits per heavy atom. The number of nitrogens with two attached hydrogens (primary N) is 1. The highest BCUT2D eigenvalue weighted by molar-refractivity contribution is 4.81. The lowest BCUT2D eigenvalue weighted by molar-refractivity contribution is 0.0545. The Morgan fingerprint density at radius 1 is 1.43 bits per heavy atom. The van der Waals surface area contributed by atoms with Crippen LogP contribution in [-0.2, 0) is 4.74 Å². The first-order chi connectivity index (χ1) is 6.74. The van der Waals surface area contributed by atoms with Gasteiger partial charge in [-0.2, -0.15) is 0 Å². The number of hydrogen-bond donors (Lipinski definition) is 1. The Hall–Kier alpha value is -0.120. The van der Waals surface area contributed by atoms with Crippen LogP contribution < -0.4 is 5.73 Å². The molecule has 2 aliphatic heterocycles. The van der Waals surface area contributed by atoms with E-state index >= 15 is 0 Å². The van der Waals surface area contributed by atoms with Crippen LogP contribution in [0.2, 0.25) is 0 Å². The summed E-state index contributed by atoms with van der Waals surface area (Å²) in [5.41, 5.74) is 6.01. The van der Waals surface area contributed by atoms with Crippen LogP contribution in [0.1, 0.15) is 26.2 Å². The van der Waals surface area contributed by atoms with Crippen LogP contribution in [0.3, 0.4) is 0 Å². The second-order valence-electron chi connectivity index (χ2n) is 4.95. The van der Waals surface area contributed by atoms with Gasteiger partial charge in [0.1, 0.15) is 0 Å². The quantitative estimate of drug-likeness (QED) is 0.714. The van der Waals surface area contributed by atoms with Crippen molar-refractivity contribution in [3.05, 3.63) is 0 Å². The van der Waals surface area contributed by atoms with Crippen LogP contribution in [0.25, 0.3) is 0 Å². The number of likely N-dealkylation sites (tertiary alicyclic amines) is 1. The summed E-state index contributed by atoms with van der Waals surface area (Å²) >= 11 is 0. The maximum Gasteiger partial charge on any atom is 0.0702 e. The third-order valence-corrected chi connectivity index (χ3v) is 3.25. The van der Waals surface area contributed by atoms with Gasteiger partial charge in [-0.1, -0.05) is 6.92 Å². The SMILES string of the molecule is CC1CC(N)CN(CC2CCCO2)C1. The second kappa shape index (κ2) is 4.60. The van der Waals surface area contributed by atoms with Crippen LogP contribution >= 0.6 is 0 Å². The minimum absolute atomic E-state index is 0.375. The molecule has 3 heteroatoms. The molecule has 0 saturated carbocycles. The van der Waals surface area contributed by atoms with Gasteiger partial charge in [-0.3, -0.25) is 4.90 Å². The molecule has 0 bridgehead atoms. The predicted molar refractivity (Wildman–Crippen MR) is 57.2 cm³/mol. The molecule has 2 N–H and O–H groups in total. The average molecular weight is 198 g/mol. The summed E-state index contributed by atoms with van der Waals surface area (Å²) in [6.07, 6.45) is 4.13.